The van der Waals surface area contributed by atoms with Crippen LogP contribution in [0.15, 0.2) is 6.07 Å². The molecular weight excluding hydrogens is 298 g/mol. The van der Waals surface area contributed by atoms with Crippen molar-refractivity contribution in [2.45, 2.75) is 46.7 Å². The molecule has 0 saturated carbocycles. The Labute approximate surface area is 136 Å². The van der Waals surface area contributed by atoms with E-state index in [4.69, 9.17) is 0 Å². The molecule has 1 aromatic rings. The van der Waals surface area contributed by atoms with Gasteiger partial charge in [-0.15, -0.1) is 11.8 Å². The average Bonchev–Trinajstić information content (AvgIpc) is 3.04. The lowest BCUT2D eigenvalue weighted by Crippen LogP contribution is -2.50. The van der Waals surface area contributed by atoms with Crippen molar-refractivity contribution in [3.63, 3.8) is 0 Å². The van der Waals surface area contributed by atoms with E-state index in [0.29, 0.717) is 23.2 Å². The van der Waals surface area contributed by atoms with Crippen molar-refractivity contribution < 1.29 is 9.59 Å². The summed E-state index contributed by atoms with van der Waals surface area (Å²) in [6.45, 7) is 9.98. The summed E-state index contributed by atoms with van der Waals surface area (Å²) in [5, 5.41) is 3.02. The topological polar surface area (TPSA) is 65.2 Å². The maximum atomic E-state index is 12.7. The Balaban J connectivity index is 2.12. The van der Waals surface area contributed by atoms with Crippen LogP contribution in [0.2, 0.25) is 0 Å². The Kier molecular flexibility index (Phi) is 5.21. The fraction of sp³-hybridized carbons (Fsp3) is 0.625. The maximum Gasteiger partial charge on any atom is 0.271 e. The zero-order valence-electron chi connectivity index (χ0n) is 13.9. The highest BCUT2D eigenvalue weighted by Gasteiger charge is 2.36. The zero-order chi connectivity index (χ0) is 16.4. The quantitative estimate of drug-likeness (QED) is 0.893. The highest BCUT2D eigenvalue weighted by Crippen LogP contribution is 2.24. The van der Waals surface area contributed by atoms with Crippen LogP contribution in [0.1, 0.15) is 42.5 Å². The van der Waals surface area contributed by atoms with E-state index in [1.165, 1.54) is 0 Å². The first-order valence-electron chi connectivity index (χ1n) is 7.66. The summed E-state index contributed by atoms with van der Waals surface area (Å²) < 4.78 is 0. The molecule has 0 aromatic carbocycles. The van der Waals surface area contributed by atoms with E-state index >= 15 is 0 Å². The van der Waals surface area contributed by atoms with Crippen molar-refractivity contribution in [1.82, 2.24) is 15.2 Å². The molecule has 1 fully saturated rings. The van der Waals surface area contributed by atoms with Crippen molar-refractivity contribution in [2.24, 2.45) is 5.92 Å². The van der Waals surface area contributed by atoms with Crippen molar-refractivity contribution >= 4 is 23.6 Å². The number of nitrogens with zero attached hydrogens (tertiary/aromatic N) is 1. The third-order valence-electron chi connectivity index (χ3n) is 4.18. The third-order valence-corrected chi connectivity index (χ3v) is 5.19. The number of aromatic amines is 1. The van der Waals surface area contributed by atoms with Crippen molar-refractivity contribution in [3.05, 3.63) is 23.0 Å². The molecular formula is C16H25N3O2S. The van der Waals surface area contributed by atoms with E-state index in [0.717, 1.165) is 11.3 Å². The van der Waals surface area contributed by atoms with Crippen molar-refractivity contribution in [3.8, 4) is 0 Å². The van der Waals surface area contributed by atoms with Gasteiger partial charge in [0.15, 0.2) is 0 Å². The number of aryl methyl sites for hydroxylation is 2. The molecule has 0 radical (unpaired) electrons. The zero-order valence-corrected chi connectivity index (χ0v) is 14.7. The molecule has 2 atom stereocenters. The van der Waals surface area contributed by atoms with E-state index in [-0.39, 0.29) is 23.9 Å². The number of rotatable bonds is 4. The molecule has 0 unspecified atom stereocenters. The van der Waals surface area contributed by atoms with Crippen LogP contribution in [-0.4, -0.2) is 45.4 Å². The van der Waals surface area contributed by atoms with E-state index < -0.39 is 0 Å². The number of amides is 2. The van der Waals surface area contributed by atoms with Crippen LogP contribution in [0.4, 0.5) is 0 Å². The van der Waals surface area contributed by atoms with Crippen LogP contribution in [-0.2, 0) is 4.79 Å². The van der Waals surface area contributed by atoms with Crippen LogP contribution >= 0.6 is 11.8 Å². The second kappa shape index (κ2) is 6.77. The molecule has 2 rings (SSSR count). The summed E-state index contributed by atoms with van der Waals surface area (Å²) in [5.41, 5.74) is 2.48. The van der Waals surface area contributed by atoms with Gasteiger partial charge in [-0.05, 0) is 38.3 Å². The normalized spacial score (nSPS) is 19.5. The van der Waals surface area contributed by atoms with Crippen LogP contribution in [0.25, 0.3) is 0 Å². The van der Waals surface area contributed by atoms with Gasteiger partial charge in [0, 0.05) is 17.5 Å². The number of hydrogen-bond donors (Lipinski definition) is 2. The number of carbonyl (C=O) groups is 2. The van der Waals surface area contributed by atoms with Gasteiger partial charge >= 0.3 is 0 Å². The Hall–Kier alpha value is -1.43. The van der Waals surface area contributed by atoms with Gasteiger partial charge in [-0.3, -0.25) is 9.59 Å². The summed E-state index contributed by atoms with van der Waals surface area (Å²) in [6.07, 6.45) is 0. The molecule has 6 heteroatoms. The molecule has 1 saturated heterocycles. The standard InChI is InChI=1S/C16H25N3O2S/c1-9(2)12(5)18-15(20)13-7-22-8-19(13)16(21)14-10(3)6-11(4)17-14/h6,9,12-13,17H,7-8H2,1-5H3,(H,18,20)/t12-,13+/m1/s1. The summed E-state index contributed by atoms with van der Waals surface area (Å²) in [7, 11) is 0. The minimum Gasteiger partial charge on any atom is -0.354 e. The number of nitrogens with one attached hydrogen (secondary N) is 2. The molecule has 2 N–H and O–H groups in total. The van der Waals surface area contributed by atoms with E-state index in [1.54, 1.807) is 16.7 Å². The second-order valence-corrected chi connectivity index (χ2v) is 7.34. The summed E-state index contributed by atoms with van der Waals surface area (Å²) in [5.74, 6) is 1.44. The van der Waals surface area contributed by atoms with Crippen molar-refractivity contribution in [2.75, 3.05) is 11.6 Å². The minimum atomic E-state index is -0.387. The fourth-order valence-corrected chi connectivity index (χ4v) is 3.60. The predicted molar refractivity (Wildman–Crippen MR) is 90.0 cm³/mol. The molecule has 1 aliphatic heterocycles. The predicted octanol–water partition coefficient (Wildman–Crippen LogP) is 2.31. The minimum absolute atomic E-state index is 0.0551. The molecule has 22 heavy (non-hydrogen) atoms. The molecule has 2 heterocycles. The highest BCUT2D eigenvalue weighted by atomic mass is 32.2. The van der Waals surface area contributed by atoms with Crippen LogP contribution in [0.3, 0.4) is 0 Å². The Morgan fingerprint density at radius 3 is 2.59 bits per heavy atom. The molecule has 2 amide bonds. The molecule has 0 bridgehead atoms. The van der Waals surface area contributed by atoms with Gasteiger partial charge < -0.3 is 15.2 Å². The highest BCUT2D eigenvalue weighted by molar-refractivity contribution is 7.99. The Morgan fingerprint density at radius 2 is 2.05 bits per heavy atom. The molecule has 122 valence electrons. The van der Waals surface area contributed by atoms with E-state index in [1.807, 2.05) is 26.8 Å². The van der Waals surface area contributed by atoms with Gasteiger partial charge in [-0.2, -0.15) is 0 Å². The van der Waals surface area contributed by atoms with Crippen LogP contribution in [0, 0.1) is 19.8 Å². The largest absolute Gasteiger partial charge is 0.354 e. The lowest BCUT2D eigenvalue weighted by Gasteiger charge is -2.25. The number of carbonyl (C=O) groups excluding carboxylic acids is 2. The Bertz CT molecular complexity index is 568. The van der Waals surface area contributed by atoms with E-state index in [9.17, 15) is 9.59 Å². The van der Waals surface area contributed by atoms with Crippen LogP contribution in [0.5, 0.6) is 0 Å². The molecule has 0 aliphatic carbocycles. The smallest absolute Gasteiger partial charge is 0.271 e. The summed E-state index contributed by atoms with van der Waals surface area (Å²) >= 11 is 1.62. The van der Waals surface area contributed by atoms with Gasteiger partial charge in [0.2, 0.25) is 5.91 Å². The lowest BCUT2D eigenvalue weighted by molar-refractivity contribution is -0.125. The maximum absolute atomic E-state index is 12.7. The SMILES string of the molecule is Cc1cc(C)c(C(=O)N2CSC[C@H]2C(=O)N[C@H](C)C(C)C)[nH]1. The van der Waals surface area contributed by atoms with Crippen molar-refractivity contribution in [1.29, 1.82) is 0 Å². The second-order valence-electron chi connectivity index (χ2n) is 6.34. The number of H-pyrrole nitrogens is 1. The van der Waals surface area contributed by atoms with E-state index in [2.05, 4.69) is 24.1 Å². The molecule has 1 aliphatic rings. The summed E-state index contributed by atoms with van der Waals surface area (Å²) in [4.78, 5) is 30.0. The van der Waals surface area contributed by atoms with Gasteiger partial charge in [-0.1, -0.05) is 13.8 Å². The molecule has 0 spiro atoms. The third kappa shape index (κ3) is 3.48. The van der Waals surface area contributed by atoms with Crippen LogP contribution < -0.4 is 5.32 Å². The summed E-state index contributed by atoms with van der Waals surface area (Å²) in [6, 6.07) is 1.66. The van der Waals surface area contributed by atoms with Gasteiger partial charge in [0.05, 0.1) is 5.88 Å². The number of aromatic nitrogens is 1. The first-order valence-corrected chi connectivity index (χ1v) is 8.82. The Morgan fingerprint density at radius 1 is 1.36 bits per heavy atom. The average molecular weight is 323 g/mol. The number of hydrogen-bond acceptors (Lipinski definition) is 3. The van der Waals surface area contributed by atoms with Gasteiger partial charge in [-0.25, -0.2) is 0 Å². The monoisotopic (exact) mass is 323 g/mol. The van der Waals surface area contributed by atoms with Gasteiger partial charge in [0.25, 0.3) is 5.91 Å². The molecule has 1 aromatic heterocycles. The molecule has 5 nitrogen and oxygen atoms in total. The first-order chi connectivity index (χ1) is 10.3. The fourth-order valence-electron chi connectivity index (χ4n) is 2.44. The number of thioether (sulfide) groups is 1. The van der Waals surface area contributed by atoms with Gasteiger partial charge in [0.1, 0.15) is 11.7 Å². The lowest BCUT2D eigenvalue weighted by atomic mass is 10.1. The first kappa shape index (κ1) is 16.9.